The lowest BCUT2D eigenvalue weighted by molar-refractivity contribution is -0.146. The summed E-state index contributed by atoms with van der Waals surface area (Å²) in [6.45, 7) is 4.16. The first kappa shape index (κ1) is 25.2. The largest absolute Gasteiger partial charge is 0.493 e. The number of allylic oxidation sites excluding steroid dienone is 2. The van der Waals surface area contributed by atoms with Gasteiger partial charge in [-0.2, -0.15) is 0 Å². The fourth-order valence-electron chi connectivity index (χ4n) is 5.06. The number of carbonyl (C=O) groups is 2. The van der Waals surface area contributed by atoms with Crippen LogP contribution in [0.15, 0.2) is 63.2 Å². The molecule has 0 aromatic heterocycles. The van der Waals surface area contributed by atoms with Gasteiger partial charge in [0.05, 0.1) is 20.8 Å². The minimum atomic E-state index is -0.638. The highest BCUT2D eigenvalue weighted by Crippen LogP contribution is 2.48. The first-order valence-electron chi connectivity index (χ1n) is 11.8. The Hall–Kier alpha value is -2.93. The van der Waals surface area contributed by atoms with E-state index >= 15 is 0 Å². The van der Waals surface area contributed by atoms with Crippen LogP contribution < -0.4 is 9.47 Å². The zero-order valence-electron chi connectivity index (χ0n) is 20.5. The average molecular weight is 540 g/mol. The van der Waals surface area contributed by atoms with Crippen molar-refractivity contribution >= 4 is 33.4 Å². The summed E-state index contributed by atoms with van der Waals surface area (Å²) in [5.41, 5.74) is 3.94. The third kappa shape index (κ3) is 4.92. The quantitative estimate of drug-likeness (QED) is 0.403. The van der Waals surface area contributed by atoms with Gasteiger partial charge < -0.3 is 14.2 Å². The average Bonchev–Trinajstić information content (AvgIpc) is 2.86. The van der Waals surface area contributed by atoms with Crippen LogP contribution in [0.4, 0.5) is 0 Å². The van der Waals surface area contributed by atoms with E-state index in [9.17, 15) is 9.59 Å². The van der Waals surface area contributed by atoms with E-state index in [4.69, 9.17) is 19.2 Å². The van der Waals surface area contributed by atoms with Gasteiger partial charge in [0.2, 0.25) is 0 Å². The van der Waals surface area contributed by atoms with Crippen molar-refractivity contribution in [2.75, 3.05) is 20.8 Å². The summed E-state index contributed by atoms with van der Waals surface area (Å²) in [5, 5.41) is 0. The molecule has 0 saturated heterocycles. The zero-order chi connectivity index (χ0) is 25.1. The fraction of sp³-hybridized carbons (Fsp3) is 0.393. The lowest BCUT2D eigenvalue weighted by Gasteiger charge is -2.37. The van der Waals surface area contributed by atoms with Crippen LogP contribution >= 0.6 is 15.9 Å². The molecule has 3 atom stereocenters. The summed E-state index contributed by atoms with van der Waals surface area (Å²) in [6.07, 6.45) is 1.67. The van der Waals surface area contributed by atoms with Crippen LogP contribution in [0.3, 0.4) is 0 Å². The van der Waals surface area contributed by atoms with E-state index in [1.807, 2.05) is 56.3 Å². The third-order valence-corrected chi connectivity index (χ3v) is 7.43. The number of esters is 1. The first-order valence-corrected chi connectivity index (χ1v) is 12.6. The predicted molar refractivity (Wildman–Crippen MR) is 138 cm³/mol. The second kappa shape index (κ2) is 10.8. The van der Waals surface area contributed by atoms with Crippen molar-refractivity contribution in [2.24, 2.45) is 10.9 Å². The number of rotatable bonds is 7. The van der Waals surface area contributed by atoms with Crippen LogP contribution in [0.5, 0.6) is 11.5 Å². The second-order valence-electron chi connectivity index (χ2n) is 8.90. The molecule has 1 unspecified atom stereocenters. The highest BCUT2D eigenvalue weighted by atomic mass is 79.9. The summed E-state index contributed by atoms with van der Waals surface area (Å²) in [5.74, 6) is -0.174. The lowest BCUT2D eigenvalue weighted by Crippen LogP contribution is -2.38. The van der Waals surface area contributed by atoms with Gasteiger partial charge in [0.25, 0.3) is 0 Å². The van der Waals surface area contributed by atoms with Crippen LogP contribution in [-0.4, -0.2) is 38.3 Å². The minimum absolute atomic E-state index is 0.0105. The van der Waals surface area contributed by atoms with E-state index in [0.29, 0.717) is 42.2 Å². The van der Waals surface area contributed by atoms with Crippen LogP contribution in [0.1, 0.15) is 56.1 Å². The Kier molecular flexibility index (Phi) is 7.75. The van der Waals surface area contributed by atoms with Crippen molar-refractivity contribution in [2.45, 2.75) is 44.9 Å². The number of nitrogens with zero attached hydrogens (tertiary/aromatic N) is 1. The van der Waals surface area contributed by atoms with Crippen LogP contribution in [0, 0.1) is 5.92 Å². The van der Waals surface area contributed by atoms with Crippen LogP contribution in [0.25, 0.3) is 0 Å². The molecule has 2 aliphatic rings. The van der Waals surface area contributed by atoms with Gasteiger partial charge in [-0.3, -0.25) is 14.6 Å². The minimum Gasteiger partial charge on any atom is -0.493 e. The number of hydrogen-bond donors (Lipinski definition) is 0. The van der Waals surface area contributed by atoms with Gasteiger partial charge in [0, 0.05) is 33.8 Å². The van der Waals surface area contributed by atoms with Crippen molar-refractivity contribution in [3.63, 3.8) is 0 Å². The maximum atomic E-state index is 13.7. The summed E-state index contributed by atoms with van der Waals surface area (Å²) >= 11 is 3.64. The molecule has 7 heteroatoms. The number of Topliss-reactive ketones (excluding diaryl/α,β-unsaturated/α-hetero) is 1. The predicted octanol–water partition coefficient (Wildman–Crippen LogP) is 5.99. The van der Waals surface area contributed by atoms with Gasteiger partial charge in [-0.1, -0.05) is 47.1 Å². The Bertz CT molecular complexity index is 1200. The Morgan fingerprint density at radius 2 is 1.83 bits per heavy atom. The van der Waals surface area contributed by atoms with Crippen molar-refractivity contribution in [3.8, 4) is 11.5 Å². The van der Waals surface area contributed by atoms with E-state index in [-0.39, 0.29) is 17.7 Å². The highest BCUT2D eigenvalue weighted by molar-refractivity contribution is 9.10. The number of aliphatic imine (C=N–C) groups is 1. The number of ketones is 1. The molecule has 184 valence electrons. The number of methoxy groups -OCH3 is 2. The zero-order valence-corrected chi connectivity index (χ0v) is 22.1. The Morgan fingerprint density at radius 3 is 2.51 bits per heavy atom. The molecule has 1 aliphatic carbocycles. The first-order chi connectivity index (χ1) is 16.9. The molecule has 0 N–H and O–H groups in total. The molecule has 0 bridgehead atoms. The number of carbonyl (C=O) groups excluding carboxylic acids is 2. The van der Waals surface area contributed by atoms with Gasteiger partial charge in [0.1, 0.15) is 5.92 Å². The van der Waals surface area contributed by atoms with Gasteiger partial charge >= 0.3 is 5.97 Å². The van der Waals surface area contributed by atoms with E-state index in [2.05, 4.69) is 15.9 Å². The Morgan fingerprint density at radius 1 is 1.09 bits per heavy atom. The summed E-state index contributed by atoms with van der Waals surface area (Å²) in [4.78, 5) is 31.7. The van der Waals surface area contributed by atoms with Gasteiger partial charge in [-0.25, -0.2) is 0 Å². The SMILES string of the molecule is CCCOC(=O)C1C(C)=NC2=C(C(=O)C[C@@H](c3ccc(OC)c(OC)c3)C2)[C@H]1c1ccccc1Br. The normalized spacial score (nSPS) is 21.8. The molecule has 2 aromatic rings. The topological polar surface area (TPSA) is 74.2 Å². The Balaban J connectivity index is 1.77. The van der Waals surface area contributed by atoms with E-state index in [1.54, 1.807) is 14.2 Å². The van der Waals surface area contributed by atoms with Crippen LogP contribution in [0.2, 0.25) is 0 Å². The monoisotopic (exact) mass is 539 g/mol. The second-order valence-corrected chi connectivity index (χ2v) is 9.76. The molecule has 0 saturated carbocycles. The van der Waals surface area contributed by atoms with Gasteiger partial charge in [-0.15, -0.1) is 0 Å². The van der Waals surface area contributed by atoms with E-state index in [0.717, 1.165) is 27.7 Å². The number of benzene rings is 2. The molecule has 35 heavy (non-hydrogen) atoms. The standard InChI is InChI=1S/C28H30BrNO5/c1-5-12-35-28(32)25-16(2)30-21-13-18(17-10-11-23(33-3)24(15-17)34-4)14-22(31)27(21)26(25)19-8-6-7-9-20(19)29/h6-11,15,18,25-26H,5,12-14H2,1-4H3/t18-,25?,26-/m0/s1. The maximum Gasteiger partial charge on any atom is 0.315 e. The molecule has 6 nitrogen and oxygen atoms in total. The fourth-order valence-corrected chi connectivity index (χ4v) is 5.59. The molecule has 1 heterocycles. The smallest absolute Gasteiger partial charge is 0.315 e. The summed E-state index contributed by atoms with van der Waals surface area (Å²) < 4.78 is 17.2. The Labute approximate surface area is 214 Å². The number of halogens is 1. The maximum absolute atomic E-state index is 13.7. The van der Waals surface area contributed by atoms with Gasteiger partial charge in [0.15, 0.2) is 17.3 Å². The molecule has 1 aliphatic heterocycles. The molecule has 0 spiro atoms. The molecule has 2 aromatic carbocycles. The van der Waals surface area contributed by atoms with Crippen LogP contribution in [-0.2, 0) is 14.3 Å². The molecule has 0 fully saturated rings. The lowest BCUT2D eigenvalue weighted by atomic mass is 9.69. The number of hydrogen-bond acceptors (Lipinski definition) is 6. The van der Waals surface area contributed by atoms with E-state index in [1.165, 1.54) is 0 Å². The van der Waals surface area contributed by atoms with Crippen molar-refractivity contribution in [1.82, 2.24) is 0 Å². The molecular formula is C28H30BrNO5. The number of ether oxygens (including phenoxy) is 3. The summed E-state index contributed by atoms with van der Waals surface area (Å²) in [7, 11) is 3.20. The molecular weight excluding hydrogens is 510 g/mol. The van der Waals surface area contributed by atoms with E-state index < -0.39 is 11.8 Å². The molecule has 4 rings (SSSR count). The molecule has 0 amide bonds. The van der Waals surface area contributed by atoms with Crippen molar-refractivity contribution in [1.29, 1.82) is 0 Å². The third-order valence-electron chi connectivity index (χ3n) is 6.71. The van der Waals surface area contributed by atoms with Gasteiger partial charge in [-0.05, 0) is 55.0 Å². The summed E-state index contributed by atoms with van der Waals surface area (Å²) in [6, 6.07) is 13.5. The van der Waals surface area contributed by atoms with Crippen molar-refractivity contribution in [3.05, 3.63) is 69.3 Å². The molecule has 0 radical (unpaired) electrons. The highest BCUT2D eigenvalue weighted by Gasteiger charge is 2.45. The van der Waals surface area contributed by atoms with Crippen molar-refractivity contribution < 1.29 is 23.8 Å².